The minimum atomic E-state index is 0.0183. The number of aromatic nitrogens is 4. The van der Waals surface area contributed by atoms with Gasteiger partial charge in [-0.15, -0.1) is 0 Å². The van der Waals surface area contributed by atoms with Gasteiger partial charge in [0.1, 0.15) is 5.82 Å². The fraction of sp³-hybridized carbons (Fsp3) is 0.556. The number of anilines is 1. The van der Waals surface area contributed by atoms with Crippen LogP contribution < -0.4 is 5.32 Å². The maximum absolute atomic E-state index is 4.96. The monoisotopic (exact) mass is 239 g/mol. The second-order valence-electron chi connectivity index (χ2n) is 3.42. The lowest BCUT2D eigenvalue weighted by Gasteiger charge is -2.10. The molecule has 1 unspecified atom stereocenters. The largest absolute Gasteiger partial charge is 0.350 e. The topological polar surface area (TPSA) is 76.7 Å². The Morgan fingerprint density at radius 3 is 2.69 bits per heavy atom. The van der Waals surface area contributed by atoms with Gasteiger partial charge < -0.3 is 9.84 Å². The molecule has 1 N–H and O–H groups in total. The van der Waals surface area contributed by atoms with Gasteiger partial charge in [0, 0.05) is 18.5 Å². The summed E-state index contributed by atoms with van der Waals surface area (Å²) in [5.74, 6) is 2.00. The van der Waals surface area contributed by atoms with E-state index < -0.39 is 0 Å². The van der Waals surface area contributed by atoms with Crippen molar-refractivity contribution in [3.05, 3.63) is 17.5 Å². The van der Waals surface area contributed by atoms with Crippen LogP contribution >= 0.6 is 11.5 Å². The average Bonchev–Trinajstić information content (AvgIpc) is 2.84. The molecule has 0 saturated carbocycles. The normalized spacial score (nSPS) is 12.7. The van der Waals surface area contributed by atoms with Gasteiger partial charge in [0.15, 0.2) is 5.82 Å². The molecule has 86 valence electrons. The number of rotatable bonds is 4. The second kappa shape index (κ2) is 4.56. The molecule has 6 nitrogen and oxygen atoms in total. The third-order valence-corrected chi connectivity index (χ3v) is 2.83. The molecule has 0 amide bonds. The molecule has 0 aliphatic rings. The summed E-state index contributed by atoms with van der Waals surface area (Å²) >= 11 is 1.34. The summed E-state index contributed by atoms with van der Waals surface area (Å²) in [7, 11) is 0. The van der Waals surface area contributed by atoms with E-state index in [4.69, 9.17) is 4.52 Å². The van der Waals surface area contributed by atoms with Crippen LogP contribution in [0, 0.1) is 13.8 Å². The van der Waals surface area contributed by atoms with Crippen LogP contribution in [0.1, 0.15) is 36.9 Å². The molecule has 16 heavy (non-hydrogen) atoms. The number of nitrogens with zero attached hydrogens (tertiary/aromatic N) is 4. The van der Waals surface area contributed by atoms with Gasteiger partial charge >= 0.3 is 0 Å². The zero-order chi connectivity index (χ0) is 11.5. The summed E-state index contributed by atoms with van der Waals surface area (Å²) < 4.78 is 9.06. The van der Waals surface area contributed by atoms with E-state index in [1.807, 2.05) is 6.92 Å². The van der Waals surface area contributed by atoms with E-state index in [2.05, 4.69) is 31.7 Å². The Bertz CT molecular complexity index is 466. The number of hydrogen-bond donors (Lipinski definition) is 1. The molecule has 0 fully saturated rings. The van der Waals surface area contributed by atoms with E-state index in [1.165, 1.54) is 11.5 Å². The molecule has 0 aromatic carbocycles. The fourth-order valence-electron chi connectivity index (χ4n) is 1.31. The van der Waals surface area contributed by atoms with Crippen LogP contribution in [0.2, 0.25) is 0 Å². The summed E-state index contributed by atoms with van der Waals surface area (Å²) in [6.45, 7) is 5.69. The van der Waals surface area contributed by atoms with E-state index in [9.17, 15) is 0 Å². The van der Waals surface area contributed by atoms with Crippen molar-refractivity contribution in [3.8, 4) is 0 Å². The molecule has 0 aliphatic heterocycles. The standard InChI is InChI=1S/C9H13N5OS/c1-4-7(8-11-6(3)15-13-8)12-9-10-5(2)14-16-9/h7H,4H2,1-3H3,(H,10,12,14). The molecule has 0 spiro atoms. The zero-order valence-electron chi connectivity index (χ0n) is 9.39. The first-order valence-corrected chi connectivity index (χ1v) is 5.83. The summed E-state index contributed by atoms with van der Waals surface area (Å²) in [6, 6.07) is 0.0183. The Morgan fingerprint density at radius 2 is 2.19 bits per heavy atom. The van der Waals surface area contributed by atoms with Crippen LogP contribution in [0.15, 0.2) is 4.52 Å². The Balaban J connectivity index is 2.12. The van der Waals surface area contributed by atoms with Gasteiger partial charge in [-0.3, -0.25) is 0 Å². The maximum atomic E-state index is 4.96. The second-order valence-corrected chi connectivity index (χ2v) is 4.18. The van der Waals surface area contributed by atoms with Gasteiger partial charge in [0.05, 0.1) is 6.04 Å². The first-order chi connectivity index (χ1) is 7.69. The minimum Gasteiger partial charge on any atom is -0.350 e. The van der Waals surface area contributed by atoms with Crippen molar-refractivity contribution >= 4 is 16.7 Å². The van der Waals surface area contributed by atoms with Crippen LogP contribution in [-0.4, -0.2) is 19.5 Å². The van der Waals surface area contributed by atoms with Crippen LogP contribution in [-0.2, 0) is 0 Å². The predicted molar refractivity (Wildman–Crippen MR) is 60.3 cm³/mol. The molecule has 0 bridgehead atoms. The van der Waals surface area contributed by atoms with Crippen LogP contribution in [0.4, 0.5) is 5.13 Å². The third-order valence-electron chi connectivity index (χ3n) is 2.09. The summed E-state index contributed by atoms with van der Waals surface area (Å²) in [5.41, 5.74) is 0. The number of aryl methyl sites for hydroxylation is 2. The first kappa shape index (κ1) is 11.0. The van der Waals surface area contributed by atoms with E-state index in [0.29, 0.717) is 11.7 Å². The smallest absolute Gasteiger partial charge is 0.223 e. The summed E-state index contributed by atoms with van der Waals surface area (Å²) in [5, 5.41) is 7.92. The van der Waals surface area contributed by atoms with Crippen LogP contribution in [0.3, 0.4) is 0 Å². The summed E-state index contributed by atoms with van der Waals surface area (Å²) in [6.07, 6.45) is 0.859. The van der Waals surface area contributed by atoms with Crippen molar-refractivity contribution in [2.75, 3.05) is 5.32 Å². The van der Waals surface area contributed by atoms with E-state index >= 15 is 0 Å². The zero-order valence-corrected chi connectivity index (χ0v) is 10.2. The Hall–Kier alpha value is -1.50. The average molecular weight is 239 g/mol. The van der Waals surface area contributed by atoms with Crippen molar-refractivity contribution in [2.45, 2.75) is 33.2 Å². The Labute approximate surface area is 97.3 Å². The van der Waals surface area contributed by atoms with Gasteiger partial charge in [-0.2, -0.15) is 9.36 Å². The molecule has 0 radical (unpaired) electrons. The number of hydrogen-bond acceptors (Lipinski definition) is 7. The van der Waals surface area contributed by atoms with E-state index in [0.717, 1.165) is 17.4 Å². The highest BCUT2D eigenvalue weighted by Gasteiger charge is 2.16. The predicted octanol–water partition coefficient (Wildman–Crippen LogP) is 2.10. The van der Waals surface area contributed by atoms with Gasteiger partial charge in [-0.25, -0.2) is 4.98 Å². The maximum Gasteiger partial charge on any atom is 0.223 e. The molecule has 2 aromatic rings. The first-order valence-electron chi connectivity index (χ1n) is 5.06. The lowest BCUT2D eigenvalue weighted by atomic mass is 10.2. The van der Waals surface area contributed by atoms with Crippen LogP contribution in [0.25, 0.3) is 0 Å². The Kier molecular flexibility index (Phi) is 3.14. The van der Waals surface area contributed by atoms with Crippen molar-refractivity contribution < 1.29 is 4.52 Å². The highest BCUT2D eigenvalue weighted by molar-refractivity contribution is 7.09. The SMILES string of the molecule is CCC(Nc1nc(C)ns1)c1noc(C)n1. The van der Waals surface area contributed by atoms with Crippen molar-refractivity contribution in [2.24, 2.45) is 0 Å². The minimum absolute atomic E-state index is 0.0183. The third kappa shape index (κ3) is 2.35. The van der Waals surface area contributed by atoms with E-state index in [-0.39, 0.29) is 6.04 Å². The lowest BCUT2D eigenvalue weighted by molar-refractivity contribution is 0.384. The molecule has 1 atom stereocenters. The molecule has 7 heteroatoms. The molecule has 2 aromatic heterocycles. The van der Waals surface area contributed by atoms with E-state index in [1.54, 1.807) is 6.92 Å². The molecule has 0 aliphatic carbocycles. The van der Waals surface area contributed by atoms with Crippen molar-refractivity contribution in [1.29, 1.82) is 0 Å². The van der Waals surface area contributed by atoms with Gasteiger partial charge in [-0.05, 0) is 13.3 Å². The molecular formula is C9H13N5OS. The fourth-order valence-corrected chi connectivity index (χ4v) is 1.94. The van der Waals surface area contributed by atoms with Crippen molar-refractivity contribution in [3.63, 3.8) is 0 Å². The summed E-state index contributed by atoms with van der Waals surface area (Å²) in [4.78, 5) is 8.44. The number of nitrogens with one attached hydrogen (secondary N) is 1. The van der Waals surface area contributed by atoms with Gasteiger partial charge in [0.2, 0.25) is 11.0 Å². The van der Waals surface area contributed by atoms with Gasteiger partial charge in [-0.1, -0.05) is 12.1 Å². The van der Waals surface area contributed by atoms with Crippen LogP contribution in [0.5, 0.6) is 0 Å². The molecule has 2 rings (SSSR count). The lowest BCUT2D eigenvalue weighted by Crippen LogP contribution is -2.11. The highest BCUT2D eigenvalue weighted by atomic mass is 32.1. The molecular weight excluding hydrogens is 226 g/mol. The highest BCUT2D eigenvalue weighted by Crippen LogP contribution is 2.21. The van der Waals surface area contributed by atoms with Crippen molar-refractivity contribution in [1.82, 2.24) is 19.5 Å². The Morgan fingerprint density at radius 1 is 1.38 bits per heavy atom. The molecule has 2 heterocycles. The van der Waals surface area contributed by atoms with Gasteiger partial charge in [0.25, 0.3) is 0 Å². The quantitative estimate of drug-likeness (QED) is 0.880. The molecule has 0 saturated heterocycles.